The van der Waals surface area contributed by atoms with Crippen molar-refractivity contribution in [3.8, 4) is 22.9 Å². The van der Waals surface area contributed by atoms with Crippen molar-refractivity contribution in [1.29, 1.82) is 0 Å². The minimum Gasteiger partial charge on any atom is -0.493 e. The lowest BCUT2D eigenvalue weighted by atomic mass is 9.94. The number of methoxy groups -OCH3 is 2. The van der Waals surface area contributed by atoms with E-state index in [2.05, 4.69) is 20.6 Å². The number of para-hydroxylation sites is 2. The number of benzene rings is 2. The lowest BCUT2D eigenvalue weighted by molar-refractivity contribution is -0.113. The standard InChI is InChI=1S/C26H24N6O3/c1-16-21(25(33)29-18-10-5-4-6-11-18)22(19-12-7-13-20(34-2)23(19)35-3)32-26(28-16)30-24(31-32)17-9-8-14-27-15-17/h4-15,22H,1-3H3,(H,29,33)(H,28,30,31). The normalized spacial score (nSPS) is 14.7. The lowest BCUT2D eigenvalue weighted by Crippen LogP contribution is -2.31. The summed E-state index contributed by atoms with van der Waals surface area (Å²) in [5, 5.41) is 11.0. The maximum atomic E-state index is 13.6. The second-order valence-corrected chi connectivity index (χ2v) is 7.91. The first kappa shape index (κ1) is 22.1. The molecule has 35 heavy (non-hydrogen) atoms. The molecule has 0 fully saturated rings. The van der Waals surface area contributed by atoms with Crippen LogP contribution in [0, 0.1) is 0 Å². The van der Waals surface area contributed by atoms with E-state index < -0.39 is 6.04 Å². The molecule has 9 nitrogen and oxygen atoms in total. The molecule has 3 heterocycles. The highest BCUT2D eigenvalue weighted by molar-refractivity contribution is 6.06. The summed E-state index contributed by atoms with van der Waals surface area (Å²) in [7, 11) is 3.15. The zero-order chi connectivity index (χ0) is 24.4. The number of aromatic nitrogens is 4. The molecule has 0 spiro atoms. The fraction of sp³-hybridized carbons (Fsp3) is 0.154. The van der Waals surface area contributed by atoms with E-state index >= 15 is 0 Å². The van der Waals surface area contributed by atoms with E-state index in [9.17, 15) is 4.79 Å². The van der Waals surface area contributed by atoms with Gasteiger partial charge < -0.3 is 20.1 Å². The number of hydrogen-bond acceptors (Lipinski definition) is 7. The molecule has 2 aromatic carbocycles. The first-order valence-corrected chi connectivity index (χ1v) is 11.0. The average Bonchev–Trinajstić information content (AvgIpc) is 3.32. The summed E-state index contributed by atoms with van der Waals surface area (Å²) in [4.78, 5) is 22.5. The highest BCUT2D eigenvalue weighted by Crippen LogP contribution is 2.43. The number of carbonyl (C=O) groups is 1. The molecule has 176 valence electrons. The fourth-order valence-corrected chi connectivity index (χ4v) is 4.20. The van der Waals surface area contributed by atoms with Crippen LogP contribution in [0.5, 0.6) is 11.5 Å². The third-order valence-corrected chi connectivity index (χ3v) is 5.78. The van der Waals surface area contributed by atoms with Crippen molar-refractivity contribution in [3.05, 3.63) is 89.9 Å². The van der Waals surface area contributed by atoms with Crippen LogP contribution in [0.3, 0.4) is 0 Å². The van der Waals surface area contributed by atoms with Gasteiger partial charge in [0.05, 0.1) is 19.8 Å². The maximum Gasteiger partial charge on any atom is 0.255 e. The molecule has 0 aliphatic carbocycles. The van der Waals surface area contributed by atoms with Crippen LogP contribution in [-0.4, -0.2) is 39.9 Å². The molecule has 2 aromatic heterocycles. The summed E-state index contributed by atoms with van der Waals surface area (Å²) >= 11 is 0. The van der Waals surface area contributed by atoms with E-state index in [0.29, 0.717) is 40.2 Å². The van der Waals surface area contributed by atoms with Crippen molar-refractivity contribution in [2.24, 2.45) is 0 Å². The zero-order valence-corrected chi connectivity index (χ0v) is 19.5. The first-order chi connectivity index (χ1) is 17.1. The van der Waals surface area contributed by atoms with Crippen molar-refractivity contribution in [1.82, 2.24) is 19.7 Å². The summed E-state index contributed by atoms with van der Waals surface area (Å²) in [5.41, 5.74) is 3.31. The van der Waals surface area contributed by atoms with Crippen LogP contribution in [0.1, 0.15) is 18.5 Å². The molecule has 0 saturated heterocycles. The highest BCUT2D eigenvalue weighted by atomic mass is 16.5. The van der Waals surface area contributed by atoms with Gasteiger partial charge in [-0.15, -0.1) is 5.10 Å². The molecule has 5 rings (SSSR count). The van der Waals surface area contributed by atoms with Crippen LogP contribution in [0.4, 0.5) is 11.6 Å². The molecule has 9 heteroatoms. The Kier molecular flexibility index (Phi) is 5.88. The van der Waals surface area contributed by atoms with Crippen molar-refractivity contribution < 1.29 is 14.3 Å². The summed E-state index contributed by atoms with van der Waals surface area (Å²) in [6.45, 7) is 1.85. The van der Waals surface area contributed by atoms with Crippen LogP contribution in [0.2, 0.25) is 0 Å². The van der Waals surface area contributed by atoms with Crippen LogP contribution in [0.25, 0.3) is 11.4 Å². The molecule has 1 aliphatic heterocycles. The van der Waals surface area contributed by atoms with Gasteiger partial charge in [0.2, 0.25) is 5.95 Å². The van der Waals surface area contributed by atoms with Gasteiger partial charge in [0.25, 0.3) is 5.91 Å². The van der Waals surface area contributed by atoms with Crippen LogP contribution >= 0.6 is 0 Å². The number of ether oxygens (including phenoxy) is 2. The van der Waals surface area contributed by atoms with Crippen LogP contribution in [-0.2, 0) is 4.79 Å². The zero-order valence-electron chi connectivity index (χ0n) is 19.5. The molecule has 1 unspecified atom stereocenters. The van der Waals surface area contributed by atoms with Gasteiger partial charge in [0, 0.05) is 34.9 Å². The van der Waals surface area contributed by atoms with Crippen molar-refractivity contribution >= 4 is 17.5 Å². The minimum absolute atomic E-state index is 0.264. The Morgan fingerprint density at radius 2 is 1.86 bits per heavy atom. The predicted molar refractivity (Wildman–Crippen MR) is 132 cm³/mol. The van der Waals surface area contributed by atoms with E-state index in [1.54, 1.807) is 31.3 Å². The summed E-state index contributed by atoms with van der Waals surface area (Å²) in [6, 6.07) is 18.0. The van der Waals surface area contributed by atoms with E-state index in [-0.39, 0.29) is 5.91 Å². The van der Waals surface area contributed by atoms with E-state index in [4.69, 9.17) is 14.6 Å². The van der Waals surface area contributed by atoms with Gasteiger partial charge in [-0.2, -0.15) is 4.98 Å². The number of nitrogens with zero attached hydrogens (tertiary/aromatic N) is 4. The van der Waals surface area contributed by atoms with Gasteiger partial charge in [-0.05, 0) is 37.3 Å². The second-order valence-electron chi connectivity index (χ2n) is 7.91. The Hall–Kier alpha value is -4.66. The first-order valence-electron chi connectivity index (χ1n) is 11.0. The summed E-state index contributed by atoms with van der Waals surface area (Å²) < 4.78 is 13.0. The smallest absolute Gasteiger partial charge is 0.255 e. The van der Waals surface area contributed by atoms with Gasteiger partial charge in [-0.3, -0.25) is 9.78 Å². The van der Waals surface area contributed by atoms with E-state index in [0.717, 1.165) is 11.1 Å². The van der Waals surface area contributed by atoms with Gasteiger partial charge in [-0.1, -0.05) is 30.3 Å². The van der Waals surface area contributed by atoms with Gasteiger partial charge >= 0.3 is 0 Å². The molecule has 1 atom stereocenters. The van der Waals surface area contributed by atoms with Crippen LogP contribution in [0.15, 0.2) is 84.3 Å². The number of anilines is 2. The molecule has 1 amide bonds. The number of carbonyl (C=O) groups excluding carboxylic acids is 1. The number of fused-ring (bicyclic) bond motifs is 1. The third-order valence-electron chi connectivity index (χ3n) is 5.78. The second kappa shape index (κ2) is 9.30. The summed E-state index contributed by atoms with van der Waals surface area (Å²) in [6.07, 6.45) is 3.39. The Morgan fingerprint density at radius 1 is 1.03 bits per heavy atom. The lowest BCUT2D eigenvalue weighted by Gasteiger charge is -2.30. The molecular weight excluding hydrogens is 444 g/mol. The molecule has 2 N–H and O–H groups in total. The highest BCUT2D eigenvalue weighted by Gasteiger charge is 2.36. The van der Waals surface area contributed by atoms with Crippen LogP contribution < -0.4 is 20.1 Å². The third kappa shape index (κ3) is 4.08. The predicted octanol–water partition coefficient (Wildman–Crippen LogP) is 4.28. The Bertz CT molecular complexity index is 1400. The monoisotopic (exact) mass is 468 g/mol. The quantitative estimate of drug-likeness (QED) is 0.435. The van der Waals surface area contributed by atoms with E-state index in [1.165, 1.54) is 0 Å². The molecule has 0 bridgehead atoms. The number of rotatable bonds is 6. The van der Waals surface area contributed by atoms with E-state index in [1.807, 2.05) is 67.6 Å². The van der Waals surface area contributed by atoms with Crippen molar-refractivity contribution in [3.63, 3.8) is 0 Å². The average molecular weight is 469 g/mol. The Balaban J connectivity index is 1.67. The number of amides is 1. The number of hydrogen-bond donors (Lipinski definition) is 2. The Labute approximate surface area is 202 Å². The number of pyridine rings is 1. The molecule has 1 aliphatic rings. The van der Waals surface area contributed by atoms with Gasteiger partial charge in [0.1, 0.15) is 6.04 Å². The maximum absolute atomic E-state index is 13.6. The fourth-order valence-electron chi connectivity index (χ4n) is 4.20. The van der Waals surface area contributed by atoms with Gasteiger partial charge in [0.15, 0.2) is 17.3 Å². The number of allylic oxidation sites excluding steroid dienone is 1. The number of nitrogens with one attached hydrogen (secondary N) is 2. The largest absolute Gasteiger partial charge is 0.493 e. The Morgan fingerprint density at radius 3 is 2.57 bits per heavy atom. The molecule has 4 aromatic rings. The van der Waals surface area contributed by atoms with Crippen molar-refractivity contribution in [2.75, 3.05) is 24.9 Å². The summed E-state index contributed by atoms with van der Waals surface area (Å²) in [5.74, 6) is 1.81. The van der Waals surface area contributed by atoms with Gasteiger partial charge in [-0.25, -0.2) is 4.68 Å². The SMILES string of the molecule is COc1cccc(C2C(C(=O)Nc3ccccc3)=C(C)Nc3nc(-c4cccnc4)nn32)c1OC. The molecule has 0 radical (unpaired) electrons. The minimum atomic E-state index is -0.627. The molecular formula is C26H24N6O3. The topological polar surface area (TPSA) is 103 Å². The van der Waals surface area contributed by atoms with Crippen molar-refractivity contribution in [2.45, 2.75) is 13.0 Å². The molecule has 0 saturated carbocycles.